The van der Waals surface area contributed by atoms with Crippen LogP contribution < -0.4 is 9.64 Å². The summed E-state index contributed by atoms with van der Waals surface area (Å²) in [5.41, 5.74) is 2.59. The molecule has 0 radical (unpaired) electrons. The largest absolute Gasteiger partial charge is 0.462 e. The van der Waals surface area contributed by atoms with Crippen molar-refractivity contribution in [1.29, 1.82) is 0 Å². The van der Waals surface area contributed by atoms with Crippen LogP contribution in [0, 0.1) is 12.4 Å². The number of ether oxygens (including phenoxy) is 1. The molecule has 220 valence electrons. The first-order chi connectivity index (χ1) is 20.9. The van der Waals surface area contributed by atoms with Gasteiger partial charge < -0.3 is 24.3 Å². The van der Waals surface area contributed by atoms with Crippen molar-refractivity contribution in [2.75, 3.05) is 51.3 Å². The number of likely N-dealkylation sites (tertiary alicyclic amines) is 1. The van der Waals surface area contributed by atoms with E-state index in [2.05, 4.69) is 23.4 Å². The van der Waals surface area contributed by atoms with Gasteiger partial charge in [0.1, 0.15) is 24.0 Å². The Kier molecular flexibility index (Phi) is 8.10. The van der Waals surface area contributed by atoms with Gasteiger partial charge in [-0.1, -0.05) is 42.4 Å². The Morgan fingerprint density at radius 3 is 2.86 bits per heavy atom. The van der Waals surface area contributed by atoms with Crippen molar-refractivity contribution >= 4 is 45.1 Å². The van der Waals surface area contributed by atoms with Gasteiger partial charge in [-0.05, 0) is 55.6 Å². The zero-order valence-corrected chi connectivity index (χ0v) is 24.6. The van der Waals surface area contributed by atoms with Crippen LogP contribution in [-0.2, 0) is 4.79 Å². The molecule has 0 N–H and O–H groups in total. The fourth-order valence-electron chi connectivity index (χ4n) is 6.04. The molecule has 4 aromatic rings. The van der Waals surface area contributed by atoms with Crippen molar-refractivity contribution in [2.45, 2.75) is 24.9 Å². The molecule has 2 atom stereocenters. The molecular formula is C32H31ClFN7O2. The van der Waals surface area contributed by atoms with E-state index < -0.39 is 5.82 Å². The van der Waals surface area contributed by atoms with Crippen molar-refractivity contribution in [3.8, 4) is 17.1 Å². The third kappa shape index (κ3) is 5.58. The summed E-state index contributed by atoms with van der Waals surface area (Å²) in [4.78, 5) is 36.5. The summed E-state index contributed by atoms with van der Waals surface area (Å²) in [5, 5.41) is 1.47. The molecule has 0 bridgehead atoms. The second kappa shape index (κ2) is 12.1. The average molecular weight is 600 g/mol. The molecule has 2 aliphatic heterocycles. The summed E-state index contributed by atoms with van der Waals surface area (Å²) < 4.78 is 20.7. The van der Waals surface area contributed by atoms with Crippen molar-refractivity contribution in [1.82, 2.24) is 24.8 Å². The van der Waals surface area contributed by atoms with Crippen LogP contribution in [0.4, 0.5) is 10.2 Å². The van der Waals surface area contributed by atoms with Crippen LogP contribution in [0.2, 0.25) is 5.02 Å². The fourth-order valence-corrected chi connectivity index (χ4v) is 6.32. The lowest BCUT2D eigenvalue weighted by molar-refractivity contribution is -0.128. The molecule has 2 saturated heterocycles. The standard InChI is InChI=1S/C32H31ClFN7O2/c1-4-27(42)41-14-13-40(18-23(41)17-35-2)31-30-26(37-32(38-31)43-19-22-8-6-12-39(22)3)15-21(16-36-30)24-9-5-7-20-10-11-25(34)29(33)28(20)24/h4-5,7,9-11,15-16,22-23H,1,6,8,12-14,17-19H2,3H3/t22-,23-/m0/s1. The molecule has 1 amide bonds. The van der Waals surface area contributed by atoms with Crippen LogP contribution in [0.15, 0.2) is 55.3 Å². The van der Waals surface area contributed by atoms with Gasteiger partial charge >= 0.3 is 6.01 Å². The number of pyridine rings is 1. The van der Waals surface area contributed by atoms with E-state index in [1.165, 1.54) is 12.1 Å². The van der Waals surface area contributed by atoms with Crippen LogP contribution in [0.5, 0.6) is 6.01 Å². The predicted octanol–water partition coefficient (Wildman–Crippen LogP) is 5.23. The second-order valence-electron chi connectivity index (χ2n) is 11.0. The number of hydrogen-bond donors (Lipinski definition) is 0. The Morgan fingerprint density at radius 1 is 1.23 bits per heavy atom. The normalized spacial score (nSPS) is 19.1. The van der Waals surface area contributed by atoms with Gasteiger partial charge in [0.25, 0.3) is 0 Å². The van der Waals surface area contributed by atoms with E-state index in [-0.39, 0.29) is 35.6 Å². The molecule has 4 heterocycles. The average Bonchev–Trinajstić information content (AvgIpc) is 3.44. The maximum atomic E-state index is 14.5. The van der Waals surface area contributed by atoms with Crippen molar-refractivity contribution < 1.29 is 13.9 Å². The van der Waals surface area contributed by atoms with Crippen molar-refractivity contribution in [2.24, 2.45) is 0 Å². The van der Waals surface area contributed by atoms with E-state index in [1.807, 2.05) is 29.2 Å². The maximum Gasteiger partial charge on any atom is 0.319 e. The lowest BCUT2D eigenvalue weighted by atomic mass is 9.99. The molecule has 9 nitrogen and oxygen atoms in total. The number of amides is 1. The minimum atomic E-state index is -0.490. The van der Waals surface area contributed by atoms with Crippen molar-refractivity contribution in [3.05, 3.63) is 77.5 Å². The molecule has 6 rings (SSSR count). The number of nitrogens with zero attached hydrogens (tertiary/aromatic N) is 7. The monoisotopic (exact) mass is 599 g/mol. The van der Waals surface area contributed by atoms with E-state index in [9.17, 15) is 9.18 Å². The summed E-state index contributed by atoms with van der Waals surface area (Å²) in [6.07, 6.45) is 5.16. The van der Waals surface area contributed by atoms with Gasteiger partial charge in [0, 0.05) is 42.8 Å². The topological polar surface area (TPSA) is 79.1 Å². The van der Waals surface area contributed by atoms with Gasteiger partial charge in [-0.15, -0.1) is 0 Å². The van der Waals surface area contributed by atoms with E-state index >= 15 is 0 Å². The first kappa shape index (κ1) is 28.8. The smallest absolute Gasteiger partial charge is 0.319 e. The molecule has 0 spiro atoms. The van der Waals surface area contributed by atoms with Gasteiger partial charge in [0.2, 0.25) is 12.5 Å². The molecule has 11 heteroatoms. The maximum absolute atomic E-state index is 14.5. The number of carbonyl (C=O) groups excluding carboxylic acids is 1. The van der Waals surface area contributed by atoms with Crippen LogP contribution in [0.1, 0.15) is 12.8 Å². The van der Waals surface area contributed by atoms with Crippen LogP contribution in [0.25, 0.3) is 37.8 Å². The number of likely N-dealkylation sites (N-methyl/N-ethyl adjacent to an activating group) is 1. The highest BCUT2D eigenvalue weighted by atomic mass is 35.5. The summed E-state index contributed by atoms with van der Waals surface area (Å²) in [6.45, 7) is 14.0. The third-order valence-electron chi connectivity index (χ3n) is 8.36. The third-order valence-corrected chi connectivity index (χ3v) is 8.73. The lowest BCUT2D eigenvalue weighted by Crippen LogP contribution is -2.56. The quantitative estimate of drug-likeness (QED) is 0.213. The minimum absolute atomic E-state index is 0.0547. The predicted molar refractivity (Wildman–Crippen MR) is 166 cm³/mol. The van der Waals surface area contributed by atoms with E-state index in [1.54, 1.807) is 17.2 Å². The van der Waals surface area contributed by atoms with Crippen LogP contribution >= 0.6 is 11.6 Å². The minimum Gasteiger partial charge on any atom is -0.462 e. The Hall–Kier alpha value is -4.33. The molecule has 2 aromatic heterocycles. The first-order valence-electron chi connectivity index (χ1n) is 14.3. The second-order valence-corrected chi connectivity index (χ2v) is 11.3. The molecule has 0 unspecified atom stereocenters. The molecule has 0 aliphatic carbocycles. The highest BCUT2D eigenvalue weighted by Crippen LogP contribution is 2.37. The molecule has 43 heavy (non-hydrogen) atoms. The number of carbonyl (C=O) groups is 1. The highest BCUT2D eigenvalue weighted by Gasteiger charge is 2.33. The molecule has 0 saturated carbocycles. The summed E-state index contributed by atoms with van der Waals surface area (Å²) >= 11 is 6.44. The van der Waals surface area contributed by atoms with Gasteiger partial charge in [-0.3, -0.25) is 9.78 Å². The Morgan fingerprint density at radius 2 is 2.09 bits per heavy atom. The summed E-state index contributed by atoms with van der Waals surface area (Å²) in [7, 11) is 2.09. The van der Waals surface area contributed by atoms with E-state index in [0.717, 1.165) is 35.9 Å². The zero-order valence-electron chi connectivity index (χ0n) is 23.8. The Balaban J connectivity index is 1.43. The summed E-state index contributed by atoms with van der Waals surface area (Å²) in [5.74, 6) is -0.108. The SMILES string of the molecule is [C-]#[N+]C[C@H]1CN(c2nc(OC[C@@H]3CCCN3C)nc3cc(-c4cccc5ccc(F)c(Cl)c45)cnc23)CCN1C(=O)C=C. The molecular weight excluding hydrogens is 569 g/mol. The Labute approximate surface area is 254 Å². The van der Waals surface area contributed by atoms with Crippen LogP contribution in [0.3, 0.4) is 0 Å². The number of fused-ring (bicyclic) bond motifs is 2. The number of hydrogen-bond acceptors (Lipinski definition) is 7. The highest BCUT2D eigenvalue weighted by molar-refractivity contribution is 6.36. The number of anilines is 1. The number of piperazine rings is 1. The van der Waals surface area contributed by atoms with Crippen molar-refractivity contribution in [3.63, 3.8) is 0 Å². The number of benzene rings is 2. The van der Waals surface area contributed by atoms with E-state index in [4.69, 9.17) is 37.9 Å². The van der Waals surface area contributed by atoms with Gasteiger partial charge in [-0.25, -0.2) is 11.0 Å². The van der Waals surface area contributed by atoms with Gasteiger partial charge in [0.05, 0.1) is 10.5 Å². The molecule has 2 aromatic carbocycles. The van der Waals surface area contributed by atoms with Gasteiger partial charge in [0.15, 0.2) is 5.82 Å². The molecule has 2 aliphatic rings. The lowest BCUT2D eigenvalue weighted by Gasteiger charge is -2.39. The first-order valence-corrected chi connectivity index (χ1v) is 14.6. The number of aromatic nitrogens is 3. The van der Waals surface area contributed by atoms with Crippen LogP contribution in [-0.4, -0.2) is 89.1 Å². The summed E-state index contributed by atoms with van der Waals surface area (Å²) in [6, 6.07) is 10.8. The van der Waals surface area contributed by atoms with Gasteiger partial charge in [-0.2, -0.15) is 9.97 Å². The number of rotatable bonds is 7. The fraction of sp³-hybridized carbons (Fsp3) is 0.344. The number of halogens is 2. The Bertz CT molecular complexity index is 1760. The zero-order chi connectivity index (χ0) is 30.1. The molecule has 2 fully saturated rings. The van der Waals surface area contributed by atoms with E-state index in [0.29, 0.717) is 48.5 Å².